The van der Waals surface area contributed by atoms with Gasteiger partial charge in [0.05, 0.1) is 0 Å². The molecule has 0 spiro atoms. The fourth-order valence-electron chi connectivity index (χ4n) is 3.01. The first kappa shape index (κ1) is 17.7. The topological polar surface area (TPSA) is 12.0 Å². The second-order valence-electron chi connectivity index (χ2n) is 6.74. The van der Waals surface area contributed by atoms with Gasteiger partial charge in [0.15, 0.2) is 0 Å². The predicted molar refractivity (Wildman–Crippen MR) is 101 cm³/mol. The predicted octanol–water partition coefficient (Wildman–Crippen LogP) is 5.79. The minimum Gasteiger partial charge on any atom is -0.306 e. The van der Waals surface area contributed by atoms with Crippen molar-refractivity contribution in [1.82, 2.24) is 5.32 Å². The van der Waals surface area contributed by atoms with Crippen LogP contribution in [0.3, 0.4) is 0 Å². The number of nitrogens with one attached hydrogen (secondary N) is 1. The van der Waals surface area contributed by atoms with E-state index in [0.29, 0.717) is 12.0 Å². The van der Waals surface area contributed by atoms with E-state index in [2.05, 4.69) is 82.4 Å². The summed E-state index contributed by atoms with van der Waals surface area (Å²) in [6.07, 6.45) is 2.20. The monoisotopic (exact) mass is 309 g/mol. The molecule has 0 aliphatic heterocycles. The summed E-state index contributed by atoms with van der Waals surface area (Å²) >= 11 is 0. The highest BCUT2D eigenvalue weighted by atomic mass is 14.9. The zero-order valence-corrected chi connectivity index (χ0v) is 15.3. The molecule has 0 aliphatic carbocycles. The summed E-state index contributed by atoms with van der Waals surface area (Å²) in [6, 6.07) is 16.3. The van der Waals surface area contributed by atoms with Gasteiger partial charge in [0, 0.05) is 12.6 Å². The highest BCUT2D eigenvalue weighted by molar-refractivity contribution is 5.34. The first-order chi connectivity index (χ1) is 11.0. The molecular formula is C22H31N. The van der Waals surface area contributed by atoms with Crippen molar-refractivity contribution >= 4 is 0 Å². The fourth-order valence-corrected chi connectivity index (χ4v) is 3.01. The Morgan fingerprint density at radius 1 is 0.826 bits per heavy atom. The maximum atomic E-state index is 3.68. The van der Waals surface area contributed by atoms with Crippen LogP contribution in [-0.4, -0.2) is 0 Å². The maximum Gasteiger partial charge on any atom is 0.0297 e. The van der Waals surface area contributed by atoms with Gasteiger partial charge in [-0.3, -0.25) is 0 Å². The first-order valence-corrected chi connectivity index (χ1v) is 8.99. The third-order valence-corrected chi connectivity index (χ3v) is 4.72. The van der Waals surface area contributed by atoms with E-state index in [4.69, 9.17) is 0 Å². The van der Waals surface area contributed by atoms with Gasteiger partial charge in [0.1, 0.15) is 0 Å². The van der Waals surface area contributed by atoms with Crippen LogP contribution in [0.4, 0.5) is 0 Å². The Bertz CT molecular complexity index is 610. The molecule has 0 radical (unpaired) electrons. The zero-order valence-electron chi connectivity index (χ0n) is 15.3. The molecule has 124 valence electrons. The maximum absolute atomic E-state index is 3.68. The van der Waals surface area contributed by atoms with Gasteiger partial charge >= 0.3 is 0 Å². The second-order valence-corrected chi connectivity index (χ2v) is 6.74. The van der Waals surface area contributed by atoms with E-state index < -0.39 is 0 Å². The molecule has 1 unspecified atom stereocenters. The van der Waals surface area contributed by atoms with Crippen molar-refractivity contribution in [2.75, 3.05) is 0 Å². The van der Waals surface area contributed by atoms with Crippen molar-refractivity contribution < 1.29 is 0 Å². The van der Waals surface area contributed by atoms with E-state index in [1.165, 1.54) is 27.8 Å². The summed E-state index contributed by atoms with van der Waals surface area (Å²) in [6.45, 7) is 12.1. The largest absolute Gasteiger partial charge is 0.306 e. The molecule has 0 aromatic heterocycles. The highest BCUT2D eigenvalue weighted by Crippen LogP contribution is 2.21. The number of hydrogen-bond donors (Lipinski definition) is 1. The van der Waals surface area contributed by atoms with Crippen LogP contribution in [0.2, 0.25) is 0 Å². The summed E-state index contributed by atoms with van der Waals surface area (Å²) in [5.41, 5.74) is 7.10. The molecule has 23 heavy (non-hydrogen) atoms. The highest BCUT2D eigenvalue weighted by Gasteiger charge is 2.10. The minimum atomic E-state index is 0.376. The number of aryl methyl sites for hydroxylation is 2. The van der Waals surface area contributed by atoms with Crippen LogP contribution in [-0.2, 0) is 19.4 Å². The molecule has 1 heteroatoms. The molecule has 2 aromatic rings. The van der Waals surface area contributed by atoms with E-state index in [1.807, 2.05) is 0 Å². The summed E-state index contributed by atoms with van der Waals surface area (Å²) in [5, 5.41) is 3.68. The lowest BCUT2D eigenvalue weighted by atomic mass is 9.96. The van der Waals surface area contributed by atoms with Crippen LogP contribution in [0.1, 0.15) is 74.4 Å². The average molecular weight is 309 g/mol. The van der Waals surface area contributed by atoms with E-state index in [-0.39, 0.29) is 0 Å². The Kier molecular flexibility index (Phi) is 6.41. The Labute approximate surface area is 142 Å². The van der Waals surface area contributed by atoms with Gasteiger partial charge in [-0.15, -0.1) is 0 Å². The van der Waals surface area contributed by atoms with Crippen molar-refractivity contribution in [2.45, 2.75) is 66.0 Å². The summed E-state index contributed by atoms with van der Waals surface area (Å²) in [4.78, 5) is 0. The lowest BCUT2D eigenvalue weighted by Crippen LogP contribution is -2.19. The van der Waals surface area contributed by atoms with E-state index >= 15 is 0 Å². The Morgan fingerprint density at radius 2 is 1.48 bits per heavy atom. The molecule has 0 amide bonds. The van der Waals surface area contributed by atoms with E-state index in [1.54, 1.807) is 0 Å². The van der Waals surface area contributed by atoms with Crippen LogP contribution in [0.25, 0.3) is 0 Å². The van der Waals surface area contributed by atoms with Crippen molar-refractivity contribution in [2.24, 2.45) is 0 Å². The zero-order chi connectivity index (χ0) is 16.8. The molecule has 2 aromatic carbocycles. The standard InChI is InChI=1S/C22H31N/c1-6-18-10-13-22(20(7-2)14-18)17(5)23-15-19-8-11-21(12-9-19)16(3)4/h8-14,16-17,23H,6-7,15H2,1-5H3. The fraction of sp³-hybridized carbons (Fsp3) is 0.455. The molecule has 1 N–H and O–H groups in total. The molecule has 2 rings (SSSR count). The quantitative estimate of drug-likeness (QED) is 0.683. The van der Waals surface area contributed by atoms with Gasteiger partial charge in [0.2, 0.25) is 0 Å². The van der Waals surface area contributed by atoms with Gasteiger partial charge in [-0.2, -0.15) is 0 Å². The lowest BCUT2D eigenvalue weighted by Gasteiger charge is -2.19. The van der Waals surface area contributed by atoms with Crippen LogP contribution in [0.15, 0.2) is 42.5 Å². The molecule has 0 saturated heterocycles. The van der Waals surface area contributed by atoms with Crippen LogP contribution in [0, 0.1) is 0 Å². The van der Waals surface area contributed by atoms with E-state index in [0.717, 1.165) is 19.4 Å². The molecule has 1 nitrogen and oxygen atoms in total. The van der Waals surface area contributed by atoms with Gasteiger partial charge in [-0.25, -0.2) is 0 Å². The van der Waals surface area contributed by atoms with Crippen molar-refractivity contribution in [3.8, 4) is 0 Å². The third kappa shape index (κ3) is 4.68. The molecule has 0 saturated carbocycles. The summed E-state index contributed by atoms with van der Waals surface area (Å²) in [5.74, 6) is 0.597. The normalized spacial score (nSPS) is 12.6. The van der Waals surface area contributed by atoms with Gasteiger partial charge < -0.3 is 5.32 Å². The SMILES string of the molecule is CCc1ccc(C(C)NCc2ccc(C(C)C)cc2)c(CC)c1. The Morgan fingerprint density at radius 3 is 2.04 bits per heavy atom. The number of benzene rings is 2. The second kappa shape index (κ2) is 8.31. The molecule has 0 heterocycles. The first-order valence-electron chi connectivity index (χ1n) is 8.99. The summed E-state index contributed by atoms with van der Waals surface area (Å²) < 4.78 is 0. The van der Waals surface area contributed by atoms with Gasteiger partial charge in [-0.05, 0) is 53.5 Å². The third-order valence-electron chi connectivity index (χ3n) is 4.72. The van der Waals surface area contributed by atoms with Crippen LogP contribution in [0.5, 0.6) is 0 Å². The Hall–Kier alpha value is -1.60. The lowest BCUT2D eigenvalue weighted by molar-refractivity contribution is 0.570. The van der Waals surface area contributed by atoms with E-state index in [9.17, 15) is 0 Å². The van der Waals surface area contributed by atoms with Crippen molar-refractivity contribution in [3.05, 3.63) is 70.3 Å². The smallest absolute Gasteiger partial charge is 0.0297 e. The molecule has 0 aliphatic rings. The number of hydrogen-bond acceptors (Lipinski definition) is 1. The molecule has 0 bridgehead atoms. The van der Waals surface area contributed by atoms with Crippen molar-refractivity contribution in [1.29, 1.82) is 0 Å². The van der Waals surface area contributed by atoms with Crippen molar-refractivity contribution in [3.63, 3.8) is 0 Å². The van der Waals surface area contributed by atoms with Crippen LogP contribution >= 0.6 is 0 Å². The molecule has 1 atom stereocenters. The Balaban J connectivity index is 2.03. The van der Waals surface area contributed by atoms with Gasteiger partial charge in [-0.1, -0.05) is 70.2 Å². The molecule has 0 fully saturated rings. The summed E-state index contributed by atoms with van der Waals surface area (Å²) in [7, 11) is 0. The van der Waals surface area contributed by atoms with Gasteiger partial charge in [0.25, 0.3) is 0 Å². The molecular weight excluding hydrogens is 278 g/mol. The van der Waals surface area contributed by atoms with Crippen LogP contribution < -0.4 is 5.32 Å². The minimum absolute atomic E-state index is 0.376. The number of rotatable bonds is 7. The average Bonchev–Trinajstić information content (AvgIpc) is 2.59.